The van der Waals surface area contributed by atoms with Crippen LogP contribution < -0.4 is 10.6 Å². The van der Waals surface area contributed by atoms with E-state index >= 15 is 0 Å². The fourth-order valence-electron chi connectivity index (χ4n) is 3.00. The molecule has 1 aliphatic rings. The van der Waals surface area contributed by atoms with Crippen LogP contribution in [0.5, 0.6) is 0 Å². The average molecular weight is 483 g/mol. The number of carbonyl (C=O) groups excluding carboxylic acids is 1. The van der Waals surface area contributed by atoms with Crippen LogP contribution in [-0.2, 0) is 14.3 Å². The van der Waals surface area contributed by atoms with Gasteiger partial charge in [-0.1, -0.05) is 32.1 Å². The van der Waals surface area contributed by atoms with Crippen LogP contribution in [-0.4, -0.2) is 51.4 Å². The molecule has 1 aliphatic carbocycles. The van der Waals surface area contributed by atoms with Crippen molar-refractivity contribution < 1.29 is 14.3 Å². The van der Waals surface area contributed by atoms with E-state index in [2.05, 4.69) is 27.3 Å². The van der Waals surface area contributed by atoms with Gasteiger partial charge in [0.25, 0.3) is 0 Å². The molecule has 26 heavy (non-hydrogen) atoms. The van der Waals surface area contributed by atoms with Gasteiger partial charge in [-0.25, -0.2) is 0 Å². The Hall–Kier alpha value is -0.570. The minimum atomic E-state index is -0.132. The minimum absolute atomic E-state index is 0. The first-order chi connectivity index (χ1) is 12.3. The summed E-state index contributed by atoms with van der Waals surface area (Å²) >= 11 is 0. The lowest BCUT2D eigenvalue weighted by Crippen LogP contribution is -2.39. The number of hydrogen-bond donors (Lipinski definition) is 2. The van der Waals surface area contributed by atoms with Crippen molar-refractivity contribution in [3.8, 4) is 0 Å². The Morgan fingerprint density at radius 2 is 1.81 bits per heavy atom. The fraction of sp³-hybridized carbons (Fsp3) is 0.895. The smallest absolute Gasteiger partial charge is 0.305 e. The molecular formula is C19H38IN3O3. The highest BCUT2D eigenvalue weighted by Gasteiger charge is 2.12. The SMILES string of the molecule is CCNC(=NCCCCCC(=O)OC)NCCOC1CCCCCC1.I. The fourth-order valence-corrected chi connectivity index (χ4v) is 3.00. The van der Waals surface area contributed by atoms with Crippen molar-refractivity contribution in [3.63, 3.8) is 0 Å². The van der Waals surface area contributed by atoms with Gasteiger partial charge in [-0.3, -0.25) is 9.79 Å². The molecule has 0 bridgehead atoms. The molecule has 0 heterocycles. The van der Waals surface area contributed by atoms with E-state index < -0.39 is 0 Å². The molecule has 0 saturated heterocycles. The van der Waals surface area contributed by atoms with Crippen LogP contribution in [0.15, 0.2) is 4.99 Å². The predicted molar refractivity (Wildman–Crippen MR) is 117 cm³/mol. The van der Waals surface area contributed by atoms with E-state index in [0.29, 0.717) is 12.5 Å². The predicted octanol–water partition coefficient (Wildman–Crippen LogP) is 3.63. The van der Waals surface area contributed by atoms with Crippen LogP contribution in [0, 0.1) is 0 Å². The van der Waals surface area contributed by atoms with Crippen LogP contribution in [0.25, 0.3) is 0 Å². The summed E-state index contributed by atoms with van der Waals surface area (Å²) in [5.41, 5.74) is 0. The Bertz CT molecular complexity index is 373. The maximum absolute atomic E-state index is 11.0. The van der Waals surface area contributed by atoms with Crippen molar-refractivity contribution in [2.75, 3.05) is 33.4 Å². The van der Waals surface area contributed by atoms with Crippen molar-refractivity contribution in [1.29, 1.82) is 0 Å². The molecule has 0 spiro atoms. The summed E-state index contributed by atoms with van der Waals surface area (Å²) in [5.74, 6) is 0.715. The molecule has 0 atom stereocenters. The number of methoxy groups -OCH3 is 1. The van der Waals surface area contributed by atoms with Gasteiger partial charge in [-0.15, -0.1) is 24.0 Å². The molecule has 6 nitrogen and oxygen atoms in total. The number of unbranched alkanes of at least 4 members (excludes halogenated alkanes) is 2. The quantitative estimate of drug-likeness (QED) is 0.117. The van der Waals surface area contributed by atoms with E-state index in [4.69, 9.17) is 4.74 Å². The summed E-state index contributed by atoms with van der Waals surface area (Å²) in [4.78, 5) is 15.6. The Balaban J connectivity index is 0.00000625. The zero-order valence-corrected chi connectivity index (χ0v) is 18.9. The molecule has 1 saturated carbocycles. The van der Waals surface area contributed by atoms with Gasteiger partial charge in [-0.05, 0) is 32.6 Å². The highest BCUT2D eigenvalue weighted by atomic mass is 127. The summed E-state index contributed by atoms with van der Waals surface area (Å²) in [6, 6.07) is 0. The lowest BCUT2D eigenvalue weighted by molar-refractivity contribution is -0.140. The number of nitrogens with zero attached hydrogens (tertiary/aromatic N) is 1. The van der Waals surface area contributed by atoms with E-state index in [1.807, 2.05) is 0 Å². The Morgan fingerprint density at radius 1 is 1.08 bits per heavy atom. The van der Waals surface area contributed by atoms with Gasteiger partial charge in [-0.2, -0.15) is 0 Å². The molecule has 0 aromatic heterocycles. The van der Waals surface area contributed by atoms with E-state index in [9.17, 15) is 4.79 Å². The number of carbonyl (C=O) groups is 1. The van der Waals surface area contributed by atoms with Gasteiger partial charge in [0.1, 0.15) is 0 Å². The number of nitrogens with one attached hydrogen (secondary N) is 2. The number of esters is 1. The summed E-state index contributed by atoms with van der Waals surface area (Å²) in [5, 5.41) is 6.59. The second-order valence-electron chi connectivity index (χ2n) is 6.56. The molecule has 0 unspecified atom stereocenters. The lowest BCUT2D eigenvalue weighted by Gasteiger charge is -2.16. The van der Waals surface area contributed by atoms with Crippen molar-refractivity contribution >= 4 is 35.9 Å². The third-order valence-electron chi connectivity index (χ3n) is 4.43. The zero-order valence-electron chi connectivity index (χ0n) is 16.6. The normalized spacial score (nSPS) is 15.7. The third-order valence-corrected chi connectivity index (χ3v) is 4.43. The number of guanidine groups is 1. The maximum Gasteiger partial charge on any atom is 0.305 e. The summed E-state index contributed by atoms with van der Waals surface area (Å²) in [6.45, 7) is 5.19. The summed E-state index contributed by atoms with van der Waals surface area (Å²) in [6.07, 6.45) is 11.5. The van der Waals surface area contributed by atoms with E-state index in [1.54, 1.807) is 0 Å². The van der Waals surface area contributed by atoms with E-state index in [1.165, 1.54) is 45.6 Å². The molecule has 1 fully saturated rings. The van der Waals surface area contributed by atoms with E-state index in [0.717, 1.165) is 51.5 Å². The first-order valence-electron chi connectivity index (χ1n) is 9.96. The van der Waals surface area contributed by atoms with Crippen molar-refractivity contribution in [3.05, 3.63) is 0 Å². The number of ether oxygens (including phenoxy) is 2. The van der Waals surface area contributed by atoms with Crippen molar-refractivity contribution in [2.24, 2.45) is 4.99 Å². The maximum atomic E-state index is 11.0. The van der Waals surface area contributed by atoms with Crippen LogP contribution >= 0.6 is 24.0 Å². The van der Waals surface area contributed by atoms with Crippen LogP contribution in [0.1, 0.15) is 71.1 Å². The molecule has 154 valence electrons. The van der Waals surface area contributed by atoms with Gasteiger partial charge in [0.2, 0.25) is 0 Å². The molecule has 1 rings (SSSR count). The molecule has 0 aromatic rings. The lowest BCUT2D eigenvalue weighted by atomic mass is 10.1. The average Bonchev–Trinajstić information content (AvgIpc) is 2.90. The number of halogens is 1. The molecule has 0 amide bonds. The highest BCUT2D eigenvalue weighted by molar-refractivity contribution is 14.0. The van der Waals surface area contributed by atoms with Crippen LogP contribution in [0.2, 0.25) is 0 Å². The highest BCUT2D eigenvalue weighted by Crippen LogP contribution is 2.19. The third kappa shape index (κ3) is 13.6. The summed E-state index contributed by atoms with van der Waals surface area (Å²) < 4.78 is 10.6. The number of rotatable bonds is 11. The largest absolute Gasteiger partial charge is 0.469 e. The summed E-state index contributed by atoms with van der Waals surface area (Å²) in [7, 11) is 1.43. The van der Waals surface area contributed by atoms with Gasteiger partial charge in [0.15, 0.2) is 5.96 Å². The van der Waals surface area contributed by atoms with Crippen molar-refractivity contribution in [1.82, 2.24) is 10.6 Å². The van der Waals surface area contributed by atoms with Gasteiger partial charge in [0, 0.05) is 26.1 Å². The molecule has 2 N–H and O–H groups in total. The number of hydrogen-bond acceptors (Lipinski definition) is 4. The number of aliphatic imine (C=N–C) groups is 1. The zero-order chi connectivity index (χ0) is 18.2. The van der Waals surface area contributed by atoms with Gasteiger partial charge < -0.3 is 20.1 Å². The minimum Gasteiger partial charge on any atom is -0.469 e. The first-order valence-corrected chi connectivity index (χ1v) is 9.96. The van der Waals surface area contributed by atoms with Crippen LogP contribution in [0.3, 0.4) is 0 Å². The Kier molecular flexibility index (Phi) is 17.4. The Labute approximate surface area is 176 Å². The van der Waals surface area contributed by atoms with Gasteiger partial charge >= 0.3 is 5.97 Å². The van der Waals surface area contributed by atoms with Crippen molar-refractivity contribution in [2.45, 2.75) is 77.2 Å². The Morgan fingerprint density at radius 3 is 2.46 bits per heavy atom. The first kappa shape index (κ1) is 25.4. The topological polar surface area (TPSA) is 72.0 Å². The molecular weight excluding hydrogens is 445 g/mol. The second-order valence-corrected chi connectivity index (χ2v) is 6.56. The molecule has 0 radical (unpaired) electrons. The van der Waals surface area contributed by atoms with Crippen LogP contribution in [0.4, 0.5) is 0 Å². The van der Waals surface area contributed by atoms with E-state index in [-0.39, 0.29) is 29.9 Å². The monoisotopic (exact) mass is 483 g/mol. The van der Waals surface area contributed by atoms with Gasteiger partial charge in [0.05, 0.1) is 19.8 Å². The molecule has 0 aromatic carbocycles. The molecule has 0 aliphatic heterocycles. The standard InChI is InChI=1S/C19H37N3O3.HI/c1-3-20-19(21-14-10-6-9-13-18(23)24-2)22-15-16-25-17-11-7-4-5-8-12-17;/h17H,3-16H2,1-2H3,(H2,20,21,22);1H. The molecule has 7 heteroatoms. The second kappa shape index (κ2) is 17.8.